The summed E-state index contributed by atoms with van der Waals surface area (Å²) in [4.78, 5) is 5.47. The summed E-state index contributed by atoms with van der Waals surface area (Å²) in [5, 5.41) is 12.8. The van der Waals surface area contributed by atoms with Crippen LogP contribution in [0.2, 0.25) is 0 Å². The van der Waals surface area contributed by atoms with Crippen LogP contribution in [-0.2, 0) is 13.1 Å². The second-order valence-electron chi connectivity index (χ2n) is 5.24. The molecule has 0 spiro atoms. The monoisotopic (exact) mass is 526 g/mol. The third-order valence-corrected chi connectivity index (χ3v) is 5.38. The number of thiophene rings is 1. The molecule has 0 radical (unpaired) electrons. The fraction of sp³-hybridized carbons (Fsp3) is 0.500. The van der Waals surface area contributed by atoms with E-state index in [9.17, 15) is 0 Å². The van der Waals surface area contributed by atoms with E-state index in [1.165, 1.54) is 4.88 Å². The van der Waals surface area contributed by atoms with E-state index in [1.807, 2.05) is 6.07 Å². The van der Waals surface area contributed by atoms with Gasteiger partial charge in [0, 0.05) is 33.8 Å². The van der Waals surface area contributed by atoms with Gasteiger partial charge in [0.25, 0.3) is 0 Å². The van der Waals surface area contributed by atoms with Gasteiger partial charge in [-0.3, -0.25) is 4.99 Å². The van der Waals surface area contributed by atoms with Crippen LogP contribution in [0.25, 0.3) is 0 Å². The number of aromatic nitrogens is 1. The number of nitrogens with one attached hydrogen (secondary N) is 2. The van der Waals surface area contributed by atoms with Gasteiger partial charge in [-0.15, -0.1) is 35.3 Å². The molecule has 0 amide bonds. The molecule has 2 N–H and O–H groups in total. The molecule has 0 aromatic carbocycles. The van der Waals surface area contributed by atoms with E-state index in [1.54, 1.807) is 18.4 Å². The van der Waals surface area contributed by atoms with E-state index in [4.69, 9.17) is 4.52 Å². The zero-order valence-corrected chi connectivity index (χ0v) is 18.9. The molecule has 5 nitrogen and oxygen atoms in total. The maximum absolute atomic E-state index is 5.41. The minimum Gasteiger partial charge on any atom is -0.359 e. The first-order valence-corrected chi connectivity index (χ1v) is 9.46. The minimum atomic E-state index is 0. The number of hydrogen-bond acceptors (Lipinski definition) is 4. The number of hydrogen-bond donors (Lipinski definition) is 2. The maximum Gasteiger partial charge on any atom is 0.191 e. The summed E-state index contributed by atoms with van der Waals surface area (Å²) < 4.78 is 6.52. The Labute approximate surface area is 172 Å². The highest BCUT2D eigenvalue weighted by molar-refractivity contribution is 14.0. The average molecular weight is 527 g/mol. The number of guanidine groups is 1. The molecule has 134 valence electrons. The molecule has 2 heterocycles. The van der Waals surface area contributed by atoms with Crippen molar-refractivity contribution in [2.24, 2.45) is 4.99 Å². The Morgan fingerprint density at radius 3 is 2.58 bits per heavy atom. The van der Waals surface area contributed by atoms with E-state index in [0.717, 1.165) is 41.3 Å². The van der Waals surface area contributed by atoms with Crippen LogP contribution in [0.4, 0.5) is 0 Å². The van der Waals surface area contributed by atoms with E-state index in [2.05, 4.69) is 62.0 Å². The van der Waals surface area contributed by atoms with Crippen LogP contribution in [0.1, 0.15) is 48.9 Å². The summed E-state index contributed by atoms with van der Waals surface area (Å²) in [6, 6.07) is 4.14. The van der Waals surface area contributed by atoms with Crippen molar-refractivity contribution in [3.63, 3.8) is 0 Å². The molecular formula is C16H24BrIN4OS. The molecule has 2 aromatic heterocycles. The predicted molar refractivity (Wildman–Crippen MR) is 114 cm³/mol. The van der Waals surface area contributed by atoms with Crippen molar-refractivity contribution in [2.45, 2.75) is 45.7 Å². The van der Waals surface area contributed by atoms with Gasteiger partial charge in [-0.05, 0) is 34.8 Å². The first kappa shape index (κ1) is 21.4. The van der Waals surface area contributed by atoms with Crippen LogP contribution in [0.3, 0.4) is 0 Å². The zero-order valence-electron chi connectivity index (χ0n) is 14.1. The van der Waals surface area contributed by atoms with Crippen molar-refractivity contribution in [2.75, 3.05) is 7.05 Å². The molecule has 0 aliphatic rings. The van der Waals surface area contributed by atoms with Gasteiger partial charge in [0.2, 0.25) is 0 Å². The Hall–Kier alpha value is -0.610. The Morgan fingerprint density at radius 1 is 1.29 bits per heavy atom. The molecule has 2 rings (SSSR count). The topological polar surface area (TPSA) is 62.5 Å². The predicted octanol–water partition coefficient (Wildman–Crippen LogP) is 4.89. The van der Waals surface area contributed by atoms with Crippen molar-refractivity contribution < 1.29 is 4.52 Å². The highest BCUT2D eigenvalue weighted by Gasteiger charge is 2.13. The Balaban J connectivity index is 0.00000288. The number of nitrogens with zero attached hydrogens (tertiary/aromatic N) is 2. The lowest BCUT2D eigenvalue weighted by Crippen LogP contribution is -2.36. The van der Waals surface area contributed by atoms with Gasteiger partial charge in [-0.2, -0.15) is 0 Å². The second-order valence-corrected chi connectivity index (χ2v) is 7.15. The molecule has 0 saturated heterocycles. The highest BCUT2D eigenvalue weighted by Crippen LogP contribution is 2.22. The van der Waals surface area contributed by atoms with E-state index < -0.39 is 0 Å². The summed E-state index contributed by atoms with van der Waals surface area (Å²) in [6.45, 7) is 5.66. The highest BCUT2D eigenvalue weighted by atomic mass is 127. The molecule has 24 heavy (non-hydrogen) atoms. The van der Waals surface area contributed by atoms with Crippen molar-refractivity contribution in [1.29, 1.82) is 0 Å². The molecule has 0 bridgehead atoms. The second kappa shape index (κ2) is 11.1. The Bertz CT molecular complexity index is 640. The zero-order chi connectivity index (χ0) is 16.7. The molecule has 8 heteroatoms. The van der Waals surface area contributed by atoms with Gasteiger partial charge in [0.1, 0.15) is 0 Å². The smallest absolute Gasteiger partial charge is 0.191 e. The first-order chi connectivity index (χ1) is 11.2. The van der Waals surface area contributed by atoms with Crippen LogP contribution in [0.15, 0.2) is 31.5 Å². The molecule has 2 aromatic rings. The lowest BCUT2D eigenvalue weighted by molar-refractivity contribution is 0.368. The molecule has 0 aliphatic carbocycles. The number of rotatable bonds is 7. The summed E-state index contributed by atoms with van der Waals surface area (Å²) in [5.74, 6) is 2.05. The summed E-state index contributed by atoms with van der Waals surface area (Å²) in [7, 11) is 1.76. The lowest BCUT2D eigenvalue weighted by Gasteiger charge is -2.09. The van der Waals surface area contributed by atoms with Crippen LogP contribution in [0.5, 0.6) is 0 Å². The Morgan fingerprint density at radius 2 is 2.00 bits per heavy atom. The van der Waals surface area contributed by atoms with Crippen LogP contribution < -0.4 is 10.6 Å². The van der Waals surface area contributed by atoms with Gasteiger partial charge in [-0.1, -0.05) is 19.0 Å². The van der Waals surface area contributed by atoms with E-state index in [0.29, 0.717) is 12.5 Å². The third-order valence-electron chi connectivity index (χ3n) is 3.69. The van der Waals surface area contributed by atoms with Crippen molar-refractivity contribution in [1.82, 2.24) is 15.8 Å². The fourth-order valence-corrected chi connectivity index (χ4v) is 3.71. The maximum atomic E-state index is 5.41. The van der Waals surface area contributed by atoms with Crippen molar-refractivity contribution >= 4 is 57.2 Å². The van der Waals surface area contributed by atoms with Crippen molar-refractivity contribution in [3.8, 4) is 0 Å². The summed E-state index contributed by atoms with van der Waals surface area (Å²) in [5.41, 5.74) is 1.04. The number of aliphatic imine (C=N–C) groups is 1. The summed E-state index contributed by atoms with van der Waals surface area (Å²) in [6.07, 6.45) is 2.16. The summed E-state index contributed by atoms with van der Waals surface area (Å²) >= 11 is 5.17. The largest absolute Gasteiger partial charge is 0.359 e. The first-order valence-electron chi connectivity index (χ1n) is 7.79. The van der Waals surface area contributed by atoms with Crippen LogP contribution in [-0.4, -0.2) is 18.2 Å². The van der Waals surface area contributed by atoms with Gasteiger partial charge in [0.15, 0.2) is 11.7 Å². The SMILES string of the molecule is CCC(CC)c1cc(CNC(=NC)NCc2cc(Br)cs2)on1.I. The molecule has 0 fully saturated rings. The average Bonchev–Trinajstić information content (AvgIpc) is 3.18. The van der Waals surface area contributed by atoms with Gasteiger partial charge < -0.3 is 15.2 Å². The van der Waals surface area contributed by atoms with Gasteiger partial charge in [0.05, 0.1) is 18.8 Å². The molecule has 0 unspecified atom stereocenters. The molecule has 0 aliphatic heterocycles. The molecule has 0 saturated carbocycles. The fourth-order valence-electron chi connectivity index (χ4n) is 2.32. The third kappa shape index (κ3) is 6.36. The molecule has 0 atom stereocenters. The quantitative estimate of drug-likeness (QED) is 0.306. The van der Waals surface area contributed by atoms with Gasteiger partial charge >= 0.3 is 0 Å². The van der Waals surface area contributed by atoms with Crippen LogP contribution >= 0.6 is 51.2 Å². The van der Waals surface area contributed by atoms with E-state index in [-0.39, 0.29) is 24.0 Å². The lowest BCUT2D eigenvalue weighted by atomic mass is 9.99. The van der Waals surface area contributed by atoms with Gasteiger partial charge in [-0.25, -0.2) is 0 Å². The normalized spacial score (nSPS) is 11.5. The standard InChI is InChI=1S/C16H23BrN4OS.HI/c1-4-11(5-2)15-7-13(22-21-15)8-19-16(18-3)20-9-14-6-12(17)10-23-14;/h6-7,10-11H,4-5,8-9H2,1-3H3,(H2,18,19,20);1H. The van der Waals surface area contributed by atoms with Crippen molar-refractivity contribution in [3.05, 3.63) is 38.3 Å². The molecular weight excluding hydrogens is 503 g/mol. The van der Waals surface area contributed by atoms with E-state index >= 15 is 0 Å². The minimum absolute atomic E-state index is 0. The number of halogens is 2. The Kier molecular flexibility index (Phi) is 9.91. The van der Waals surface area contributed by atoms with Crippen LogP contribution in [0, 0.1) is 0 Å².